The first kappa shape index (κ1) is 23.4. The van der Waals surface area contributed by atoms with E-state index in [4.69, 9.17) is 4.74 Å². The lowest BCUT2D eigenvalue weighted by Gasteiger charge is -2.34. The Morgan fingerprint density at radius 2 is 2.13 bits per heavy atom. The molecule has 2 aliphatic rings. The molecule has 5 atom stereocenters. The fourth-order valence-corrected chi connectivity index (χ4v) is 5.11. The monoisotopic (exact) mass is 432 g/mol. The zero-order chi connectivity index (χ0) is 23.1. The van der Waals surface area contributed by atoms with E-state index in [0.29, 0.717) is 16.9 Å². The Morgan fingerprint density at radius 3 is 2.68 bits per heavy atom. The molecule has 0 radical (unpaired) electrons. The van der Waals surface area contributed by atoms with E-state index in [1.54, 1.807) is 43.0 Å². The number of amides is 2. The molecule has 1 saturated heterocycles. The van der Waals surface area contributed by atoms with Gasteiger partial charge in [0.2, 0.25) is 0 Å². The fourth-order valence-electron chi connectivity index (χ4n) is 5.11. The van der Waals surface area contributed by atoms with Gasteiger partial charge in [-0.15, -0.1) is 6.58 Å². The first-order chi connectivity index (χ1) is 14.5. The number of rotatable bonds is 7. The molecule has 2 heterocycles. The summed E-state index contributed by atoms with van der Waals surface area (Å²) in [6, 6.07) is 5.09. The van der Waals surface area contributed by atoms with Gasteiger partial charge in [-0.3, -0.25) is 9.59 Å². The second-order valence-corrected chi connectivity index (χ2v) is 8.97. The molecule has 0 saturated carbocycles. The normalized spacial score (nSPS) is 28.7. The van der Waals surface area contributed by atoms with Crippen molar-refractivity contribution < 1.29 is 29.6 Å². The van der Waals surface area contributed by atoms with Crippen LogP contribution in [0.1, 0.15) is 39.7 Å². The van der Waals surface area contributed by atoms with Crippen molar-refractivity contribution in [2.45, 2.75) is 57.5 Å². The lowest BCUT2D eigenvalue weighted by molar-refractivity contribution is -0.146. The van der Waals surface area contributed by atoms with Gasteiger partial charge in [0, 0.05) is 36.2 Å². The van der Waals surface area contributed by atoms with Crippen LogP contribution in [0, 0.1) is 11.8 Å². The molecule has 8 heteroatoms. The Kier molecular flexibility index (Phi) is 6.30. The van der Waals surface area contributed by atoms with Gasteiger partial charge in [0.25, 0.3) is 11.8 Å². The molecule has 4 N–H and O–H groups in total. The third kappa shape index (κ3) is 3.78. The largest absolute Gasteiger partial charge is 0.396 e. The molecular weight excluding hydrogens is 400 g/mol. The smallest absolute Gasteiger partial charge is 0.264 e. The number of anilines is 2. The molecule has 1 aromatic carbocycles. The highest BCUT2D eigenvalue weighted by Gasteiger charge is 2.65. The summed E-state index contributed by atoms with van der Waals surface area (Å²) in [7, 11) is 0. The predicted octanol–water partition coefficient (Wildman–Crippen LogP) is 1.54. The lowest BCUT2D eigenvalue weighted by Crippen LogP contribution is -2.46. The van der Waals surface area contributed by atoms with E-state index in [9.17, 15) is 24.9 Å². The number of hydrogen-bond donors (Lipinski definition) is 4. The second-order valence-electron chi connectivity index (χ2n) is 8.97. The Labute approximate surface area is 182 Å². The summed E-state index contributed by atoms with van der Waals surface area (Å²) < 4.78 is 6.42. The Hall–Kier alpha value is -2.26. The average Bonchev–Trinajstić information content (AvgIpc) is 3.10. The summed E-state index contributed by atoms with van der Waals surface area (Å²) in [5.41, 5.74) is -0.851. The molecule has 0 unspecified atom stereocenters. The summed E-state index contributed by atoms with van der Waals surface area (Å²) in [5, 5.41) is 32.6. The van der Waals surface area contributed by atoms with Crippen LogP contribution < -0.4 is 10.2 Å². The summed E-state index contributed by atoms with van der Waals surface area (Å²) in [6.45, 7) is 10.5. The van der Waals surface area contributed by atoms with E-state index < -0.39 is 41.2 Å². The molecule has 1 fully saturated rings. The zero-order valence-electron chi connectivity index (χ0n) is 18.5. The highest BCUT2D eigenvalue weighted by Crippen LogP contribution is 2.58. The maximum absolute atomic E-state index is 13.7. The topological polar surface area (TPSA) is 119 Å². The molecule has 0 aromatic heterocycles. The number of nitrogens with zero attached hydrogens (tertiary/aromatic N) is 1. The minimum Gasteiger partial charge on any atom is -0.396 e. The van der Waals surface area contributed by atoms with Crippen LogP contribution in [0.4, 0.5) is 11.4 Å². The predicted molar refractivity (Wildman–Crippen MR) is 117 cm³/mol. The number of aliphatic hydroxyl groups is 3. The van der Waals surface area contributed by atoms with Crippen molar-refractivity contribution in [2.24, 2.45) is 11.8 Å². The third-order valence-corrected chi connectivity index (χ3v) is 6.36. The van der Waals surface area contributed by atoms with Crippen molar-refractivity contribution in [2.75, 3.05) is 23.4 Å². The number of aliphatic hydroxyl groups excluding tert-OH is 2. The molecule has 170 valence electrons. The first-order valence-corrected chi connectivity index (χ1v) is 10.6. The molecule has 2 amide bonds. The van der Waals surface area contributed by atoms with Gasteiger partial charge in [0.1, 0.15) is 6.10 Å². The Bertz CT molecular complexity index is 877. The van der Waals surface area contributed by atoms with Crippen molar-refractivity contribution in [3.8, 4) is 0 Å². The van der Waals surface area contributed by atoms with E-state index in [1.165, 1.54) is 6.92 Å². The van der Waals surface area contributed by atoms with Crippen LogP contribution in [0.3, 0.4) is 0 Å². The molecule has 3 rings (SSSR count). The van der Waals surface area contributed by atoms with Crippen molar-refractivity contribution in [3.05, 3.63) is 36.4 Å². The summed E-state index contributed by atoms with van der Waals surface area (Å²) in [4.78, 5) is 27.3. The maximum atomic E-state index is 13.7. The molecule has 0 aliphatic carbocycles. The van der Waals surface area contributed by atoms with Crippen LogP contribution in [-0.4, -0.2) is 58.1 Å². The van der Waals surface area contributed by atoms with Crippen LogP contribution >= 0.6 is 0 Å². The first-order valence-electron chi connectivity index (χ1n) is 10.6. The molecule has 1 aromatic rings. The molecule has 8 nitrogen and oxygen atoms in total. The van der Waals surface area contributed by atoms with E-state index in [-0.39, 0.29) is 25.5 Å². The van der Waals surface area contributed by atoms with Crippen LogP contribution in [0.2, 0.25) is 0 Å². The van der Waals surface area contributed by atoms with Gasteiger partial charge in [-0.25, -0.2) is 0 Å². The highest BCUT2D eigenvalue weighted by atomic mass is 16.5. The standard InChI is InChI=1S/C23H32N2O6/c1-6-10-25-17-8-7-15(24-20(28)14(3)27)12-16(17)23(21(25)29)13(2)19(22(4,5)30)18(31-23)9-11-26/h6-8,12-14,18-19,26-27,30H,1,9-11H2,2-5H3,(H,24,28)/t13-,14+,18+,19-,23+/m1/s1. The number of hydrogen-bond acceptors (Lipinski definition) is 6. The van der Waals surface area contributed by atoms with Gasteiger partial charge >= 0.3 is 0 Å². The van der Waals surface area contributed by atoms with Gasteiger partial charge in [-0.1, -0.05) is 13.0 Å². The lowest BCUT2D eigenvalue weighted by atomic mass is 9.71. The van der Waals surface area contributed by atoms with Crippen LogP contribution in [0.25, 0.3) is 0 Å². The summed E-state index contributed by atoms with van der Waals surface area (Å²) in [5.74, 6) is -1.64. The van der Waals surface area contributed by atoms with Gasteiger partial charge in [0.15, 0.2) is 5.60 Å². The van der Waals surface area contributed by atoms with Gasteiger partial charge < -0.3 is 30.3 Å². The van der Waals surface area contributed by atoms with Crippen molar-refractivity contribution in [3.63, 3.8) is 0 Å². The second kappa shape index (κ2) is 8.35. The quantitative estimate of drug-likeness (QED) is 0.485. The number of carbonyl (C=O) groups is 2. The van der Waals surface area contributed by atoms with Crippen LogP contribution in [0.5, 0.6) is 0 Å². The Morgan fingerprint density at radius 1 is 1.45 bits per heavy atom. The van der Waals surface area contributed by atoms with E-state index in [2.05, 4.69) is 11.9 Å². The van der Waals surface area contributed by atoms with Crippen LogP contribution in [0.15, 0.2) is 30.9 Å². The minimum atomic E-state index is -1.37. The van der Waals surface area contributed by atoms with Crippen molar-refractivity contribution in [1.82, 2.24) is 0 Å². The van der Waals surface area contributed by atoms with E-state index in [1.807, 2.05) is 6.92 Å². The summed E-state index contributed by atoms with van der Waals surface area (Å²) >= 11 is 0. The number of fused-ring (bicyclic) bond motifs is 2. The van der Waals surface area contributed by atoms with Crippen LogP contribution in [-0.2, 0) is 19.9 Å². The van der Waals surface area contributed by atoms with Gasteiger partial charge in [-0.05, 0) is 45.4 Å². The third-order valence-electron chi connectivity index (χ3n) is 6.36. The summed E-state index contributed by atoms with van der Waals surface area (Å²) in [6.07, 6.45) is 0.193. The maximum Gasteiger partial charge on any atom is 0.264 e. The SMILES string of the molecule is C=CCN1C(=O)[C@@]2(O[C@@H](CCO)[C@H](C(C)(C)O)[C@H]2C)c2cc(NC(=O)[C@H](C)O)ccc21. The number of nitrogens with one attached hydrogen (secondary N) is 1. The molecule has 1 spiro atoms. The number of benzene rings is 1. The average molecular weight is 433 g/mol. The number of carbonyl (C=O) groups excluding carboxylic acids is 2. The molecule has 31 heavy (non-hydrogen) atoms. The van der Waals surface area contributed by atoms with Crippen molar-refractivity contribution >= 4 is 23.2 Å². The fraction of sp³-hybridized carbons (Fsp3) is 0.565. The van der Waals surface area contributed by atoms with E-state index in [0.717, 1.165) is 0 Å². The van der Waals surface area contributed by atoms with Crippen molar-refractivity contribution in [1.29, 1.82) is 0 Å². The Balaban J connectivity index is 2.15. The minimum absolute atomic E-state index is 0.137. The number of ether oxygens (including phenoxy) is 1. The molecular formula is C23H32N2O6. The van der Waals surface area contributed by atoms with Gasteiger partial charge in [-0.2, -0.15) is 0 Å². The van der Waals surface area contributed by atoms with Gasteiger partial charge in [0.05, 0.1) is 17.4 Å². The van der Waals surface area contributed by atoms with E-state index >= 15 is 0 Å². The highest BCUT2D eigenvalue weighted by molar-refractivity contribution is 6.08. The molecule has 2 aliphatic heterocycles. The zero-order valence-corrected chi connectivity index (χ0v) is 18.5. The molecule has 0 bridgehead atoms.